The lowest BCUT2D eigenvalue weighted by molar-refractivity contribution is 0.0692. The van der Waals surface area contributed by atoms with Crippen LogP contribution in [0, 0.1) is 5.82 Å². The molecule has 0 heterocycles. The minimum Gasteiger partial charge on any atom is -0.478 e. The second-order valence-electron chi connectivity index (χ2n) is 3.20. The summed E-state index contributed by atoms with van der Waals surface area (Å²) in [5.41, 5.74) is 0.123. The standard InChI is InChI=1S/C10H12FNO3S/c1-16(15)5-4-12-7-2-3-8(10(13)14)9(11)6-7/h2-3,6,12H,4-5H2,1H3,(H,13,14). The van der Waals surface area contributed by atoms with Gasteiger partial charge in [-0.2, -0.15) is 0 Å². The Labute approximate surface area is 94.9 Å². The van der Waals surface area contributed by atoms with Crippen molar-refractivity contribution in [1.29, 1.82) is 0 Å². The Morgan fingerprint density at radius 2 is 2.25 bits per heavy atom. The van der Waals surface area contributed by atoms with E-state index in [1.807, 2.05) is 0 Å². The SMILES string of the molecule is CS(=O)CCNc1ccc(C(=O)O)c(F)c1. The van der Waals surface area contributed by atoms with E-state index in [2.05, 4.69) is 5.32 Å². The first-order valence-electron chi connectivity index (χ1n) is 4.57. The molecule has 0 amide bonds. The minimum atomic E-state index is -1.29. The molecule has 1 atom stereocenters. The second kappa shape index (κ2) is 5.60. The lowest BCUT2D eigenvalue weighted by Crippen LogP contribution is -2.10. The van der Waals surface area contributed by atoms with E-state index in [4.69, 9.17) is 5.11 Å². The Bertz CT molecular complexity index is 423. The van der Waals surface area contributed by atoms with Crippen molar-refractivity contribution in [2.45, 2.75) is 0 Å². The van der Waals surface area contributed by atoms with Gasteiger partial charge in [0.2, 0.25) is 0 Å². The molecule has 0 aliphatic rings. The number of anilines is 1. The van der Waals surface area contributed by atoms with Gasteiger partial charge in [-0.1, -0.05) is 0 Å². The molecule has 0 aliphatic carbocycles. The molecule has 0 fully saturated rings. The van der Waals surface area contributed by atoms with Crippen LogP contribution in [0.15, 0.2) is 18.2 Å². The molecule has 6 heteroatoms. The fraction of sp³-hybridized carbons (Fsp3) is 0.300. The van der Waals surface area contributed by atoms with E-state index in [-0.39, 0.29) is 5.56 Å². The Kier molecular flexibility index (Phi) is 4.42. The molecule has 0 saturated carbocycles. The summed E-state index contributed by atoms with van der Waals surface area (Å²) in [5.74, 6) is -1.61. The summed E-state index contributed by atoms with van der Waals surface area (Å²) in [5, 5.41) is 11.5. The van der Waals surface area contributed by atoms with Crippen LogP contribution in [0.1, 0.15) is 10.4 Å². The average Bonchev–Trinajstić information content (AvgIpc) is 2.16. The first-order valence-corrected chi connectivity index (χ1v) is 6.30. The van der Waals surface area contributed by atoms with Crippen molar-refractivity contribution in [3.05, 3.63) is 29.6 Å². The molecule has 16 heavy (non-hydrogen) atoms. The van der Waals surface area contributed by atoms with Crippen molar-refractivity contribution in [3.8, 4) is 0 Å². The van der Waals surface area contributed by atoms with Crippen LogP contribution < -0.4 is 5.32 Å². The van der Waals surface area contributed by atoms with E-state index in [0.717, 1.165) is 6.07 Å². The molecule has 0 radical (unpaired) electrons. The molecule has 0 spiro atoms. The molecule has 1 aromatic rings. The monoisotopic (exact) mass is 245 g/mol. The van der Waals surface area contributed by atoms with E-state index in [0.29, 0.717) is 18.0 Å². The van der Waals surface area contributed by atoms with E-state index in [9.17, 15) is 13.4 Å². The number of benzene rings is 1. The minimum absolute atomic E-state index is 0.357. The molecule has 2 N–H and O–H groups in total. The predicted molar refractivity (Wildman–Crippen MR) is 60.8 cm³/mol. The molecule has 0 bridgehead atoms. The fourth-order valence-electron chi connectivity index (χ4n) is 1.14. The molecule has 88 valence electrons. The van der Waals surface area contributed by atoms with Gasteiger partial charge in [-0.25, -0.2) is 9.18 Å². The number of rotatable bonds is 5. The zero-order chi connectivity index (χ0) is 12.1. The third-order valence-electron chi connectivity index (χ3n) is 1.92. The number of hydrogen-bond acceptors (Lipinski definition) is 3. The first-order chi connectivity index (χ1) is 7.50. The highest BCUT2D eigenvalue weighted by Crippen LogP contribution is 2.14. The van der Waals surface area contributed by atoms with Gasteiger partial charge in [-0.05, 0) is 18.2 Å². The molecular weight excluding hydrogens is 233 g/mol. The summed E-state index contributed by atoms with van der Waals surface area (Å²) in [4.78, 5) is 10.5. The molecule has 0 aliphatic heterocycles. The fourth-order valence-corrected chi connectivity index (χ4v) is 1.53. The third kappa shape index (κ3) is 3.62. The molecule has 1 aromatic carbocycles. The van der Waals surface area contributed by atoms with Crippen molar-refractivity contribution in [2.75, 3.05) is 23.9 Å². The Balaban J connectivity index is 2.66. The summed E-state index contributed by atoms with van der Waals surface area (Å²) in [6.45, 7) is 0.453. The first kappa shape index (κ1) is 12.6. The highest BCUT2D eigenvalue weighted by molar-refractivity contribution is 7.84. The topological polar surface area (TPSA) is 66.4 Å². The van der Waals surface area contributed by atoms with Crippen molar-refractivity contribution in [3.63, 3.8) is 0 Å². The van der Waals surface area contributed by atoms with Gasteiger partial charge in [0.1, 0.15) is 5.82 Å². The molecule has 0 aromatic heterocycles. The largest absolute Gasteiger partial charge is 0.478 e. The van der Waals surface area contributed by atoms with Gasteiger partial charge < -0.3 is 10.4 Å². The van der Waals surface area contributed by atoms with Crippen molar-refractivity contribution in [2.24, 2.45) is 0 Å². The summed E-state index contributed by atoms with van der Waals surface area (Å²) in [7, 11) is -0.907. The second-order valence-corrected chi connectivity index (χ2v) is 4.76. The van der Waals surface area contributed by atoms with Crippen LogP contribution in [0.2, 0.25) is 0 Å². The number of carbonyl (C=O) groups is 1. The highest BCUT2D eigenvalue weighted by atomic mass is 32.2. The molecule has 1 unspecified atom stereocenters. The number of carboxylic acid groups (broad SMARTS) is 1. The maximum absolute atomic E-state index is 13.2. The molecule has 1 rings (SSSR count). The van der Waals surface area contributed by atoms with Crippen molar-refractivity contribution < 1.29 is 18.5 Å². The summed E-state index contributed by atoms with van der Waals surface area (Å²) >= 11 is 0. The van der Waals surface area contributed by atoms with Gasteiger partial charge >= 0.3 is 5.97 Å². The van der Waals surface area contributed by atoms with E-state index >= 15 is 0 Å². The third-order valence-corrected chi connectivity index (χ3v) is 2.70. The van der Waals surface area contributed by atoms with Crippen LogP contribution in [0.5, 0.6) is 0 Å². The van der Waals surface area contributed by atoms with Crippen LogP contribution in [0.25, 0.3) is 0 Å². The van der Waals surface area contributed by atoms with E-state index in [1.54, 1.807) is 6.26 Å². The van der Waals surface area contributed by atoms with Crippen molar-refractivity contribution >= 4 is 22.5 Å². The normalized spacial score (nSPS) is 12.1. The lowest BCUT2D eigenvalue weighted by atomic mass is 10.2. The molecule has 4 nitrogen and oxygen atoms in total. The van der Waals surface area contributed by atoms with Crippen LogP contribution in [-0.2, 0) is 10.8 Å². The smallest absolute Gasteiger partial charge is 0.338 e. The van der Waals surface area contributed by atoms with Gasteiger partial charge in [-0.3, -0.25) is 4.21 Å². The van der Waals surface area contributed by atoms with Crippen LogP contribution in [0.4, 0.5) is 10.1 Å². The average molecular weight is 245 g/mol. The predicted octanol–water partition coefficient (Wildman–Crippen LogP) is 1.31. The zero-order valence-electron chi connectivity index (χ0n) is 8.70. The van der Waals surface area contributed by atoms with Gasteiger partial charge in [-0.15, -0.1) is 0 Å². The Morgan fingerprint density at radius 3 is 2.75 bits per heavy atom. The number of carboxylic acids is 1. The zero-order valence-corrected chi connectivity index (χ0v) is 9.51. The van der Waals surface area contributed by atoms with E-state index in [1.165, 1.54) is 12.1 Å². The maximum Gasteiger partial charge on any atom is 0.338 e. The summed E-state index contributed by atoms with van der Waals surface area (Å²) in [6.07, 6.45) is 1.58. The van der Waals surface area contributed by atoms with Gasteiger partial charge in [0.15, 0.2) is 0 Å². The lowest BCUT2D eigenvalue weighted by Gasteiger charge is -2.06. The van der Waals surface area contributed by atoms with Crippen LogP contribution in [-0.4, -0.2) is 33.8 Å². The maximum atomic E-state index is 13.2. The summed E-state index contributed by atoms with van der Waals surface area (Å²) < 4.78 is 24.0. The Hall–Kier alpha value is -1.43. The number of hydrogen-bond donors (Lipinski definition) is 2. The van der Waals surface area contributed by atoms with Gasteiger partial charge in [0, 0.05) is 35.0 Å². The summed E-state index contributed by atoms with van der Waals surface area (Å²) in [6, 6.07) is 3.79. The Morgan fingerprint density at radius 1 is 1.56 bits per heavy atom. The number of aromatic carboxylic acids is 1. The highest BCUT2D eigenvalue weighted by Gasteiger charge is 2.09. The van der Waals surface area contributed by atoms with Crippen molar-refractivity contribution in [1.82, 2.24) is 0 Å². The van der Waals surface area contributed by atoms with Crippen LogP contribution in [0.3, 0.4) is 0 Å². The number of halogens is 1. The van der Waals surface area contributed by atoms with Gasteiger partial charge in [0.05, 0.1) is 5.56 Å². The van der Waals surface area contributed by atoms with Crippen LogP contribution >= 0.6 is 0 Å². The molecule has 0 saturated heterocycles. The quantitative estimate of drug-likeness (QED) is 0.821. The molecular formula is C10H12FNO3S. The van der Waals surface area contributed by atoms with E-state index < -0.39 is 22.6 Å². The number of nitrogens with one attached hydrogen (secondary N) is 1. The van der Waals surface area contributed by atoms with Gasteiger partial charge in [0.25, 0.3) is 0 Å².